The van der Waals surface area contributed by atoms with E-state index in [0.29, 0.717) is 5.13 Å². The molecule has 0 spiro atoms. The highest BCUT2D eigenvalue weighted by Gasteiger charge is 2.15. The first-order valence-electron chi connectivity index (χ1n) is 4.64. The lowest BCUT2D eigenvalue weighted by molar-refractivity contribution is 0.601. The van der Waals surface area contributed by atoms with Gasteiger partial charge in [-0.15, -0.1) is 11.3 Å². The van der Waals surface area contributed by atoms with E-state index in [-0.39, 0.29) is 10.7 Å². The highest BCUT2D eigenvalue weighted by atomic mass is 32.2. The molecule has 0 saturated heterocycles. The smallest absolute Gasteiger partial charge is 0.265 e. The van der Waals surface area contributed by atoms with Crippen LogP contribution < -0.4 is 10.5 Å². The second kappa shape index (κ2) is 4.30. The van der Waals surface area contributed by atoms with E-state index >= 15 is 0 Å². The number of nitrogens with zero attached hydrogens (tertiary/aromatic N) is 2. The first-order chi connectivity index (χ1) is 7.97. The predicted octanol–water partition coefficient (Wildman–Crippen LogP) is 1.23. The van der Waals surface area contributed by atoms with Gasteiger partial charge in [-0.3, -0.25) is 4.72 Å². The van der Waals surface area contributed by atoms with Crippen LogP contribution in [0.1, 0.15) is 5.69 Å². The molecule has 0 atom stereocenters. The number of thiazole rings is 1. The summed E-state index contributed by atoms with van der Waals surface area (Å²) in [7, 11) is -3.64. The Labute approximate surface area is 103 Å². The monoisotopic (exact) mass is 270 g/mol. The average molecular weight is 270 g/mol. The third kappa shape index (κ3) is 2.71. The molecular weight excluding hydrogens is 260 g/mol. The summed E-state index contributed by atoms with van der Waals surface area (Å²) < 4.78 is 26.2. The first-order valence-corrected chi connectivity index (χ1v) is 7.00. The van der Waals surface area contributed by atoms with Crippen molar-refractivity contribution in [2.24, 2.45) is 0 Å². The van der Waals surface area contributed by atoms with Gasteiger partial charge >= 0.3 is 0 Å². The van der Waals surface area contributed by atoms with E-state index in [1.54, 1.807) is 12.3 Å². The number of sulfonamides is 1. The van der Waals surface area contributed by atoms with Gasteiger partial charge in [-0.25, -0.2) is 18.4 Å². The molecule has 0 saturated carbocycles. The molecule has 0 bridgehead atoms. The van der Waals surface area contributed by atoms with Crippen molar-refractivity contribution in [2.45, 2.75) is 11.8 Å². The second-order valence-electron chi connectivity index (χ2n) is 3.32. The number of nitrogens with one attached hydrogen (secondary N) is 1. The van der Waals surface area contributed by atoms with Crippen molar-refractivity contribution in [1.82, 2.24) is 9.97 Å². The maximum absolute atomic E-state index is 11.9. The van der Waals surface area contributed by atoms with Crippen LogP contribution in [-0.4, -0.2) is 18.4 Å². The van der Waals surface area contributed by atoms with Gasteiger partial charge < -0.3 is 5.73 Å². The largest absolute Gasteiger partial charge is 0.384 e. The van der Waals surface area contributed by atoms with E-state index in [0.717, 1.165) is 5.69 Å². The van der Waals surface area contributed by atoms with Crippen LogP contribution in [0.2, 0.25) is 0 Å². The number of nitrogen functional groups attached to an aromatic ring is 1. The van der Waals surface area contributed by atoms with Gasteiger partial charge in [-0.05, 0) is 19.1 Å². The van der Waals surface area contributed by atoms with Gasteiger partial charge in [0.05, 0.1) is 5.69 Å². The third-order valence-electron chi connectivity index (χ3n) is 1.91. The Morgan fingerprint density at radius 1 is 1.41 bits per heavy atom. The summed E-state index contributed by atoms with van der Waals surface area (Å²) >= 11 is 1.23. The molecule has 0 fully saturated rings. The zero-order valence-corrected chi connectivity index (χ0v) is 10.5. The van der Waals surface area contributed by atoms with Gasteiger partial charge in [0.2, 0.25) is 0 Å². The molecule has 2 aromatic heterocycles. The number of aromatic nitrogens is 2. The number of hydrogen-bond acceptors (Lipinski definition) is 6. The molecule has 2 heterocycles. The molecular formula is C9H10N4O2S2. The molecule has 0 aliphatic heterocycles. The van der Waals surface area contributed by atoms with Crippen LogP contribution in [0.3, 0.4) is 0 Å². The Hall–Kier alpha value is -1.67. The van der Waals surface area contributed by atoms with Crippen LogP contribution in [0.5, 0.6) is 0 Å². The summed E-state index contributed by atoms with van der Waals surface area (Å²) in [4.78, 5) is 7.81. The van der Waals surface area contributed by atoms with E-state index in [4.69, 9.17) is 5.73 Å². The van der Waals surface area contributed by atoms with Crippen LogP contribution >= 0.6 is 11.3 Å². The van der Waals surface area contributed by atoms with Crippen LogP contribution in [0.25, 0.3) is 0 Å². The van der Waals surface area contributed by atoms with E-state index in [9.17, 15) is 8.42 Å². The molecule has 2 rings (SSSR count). The van der Waals surface area contributed by atoms with Gasteiger partial charge in [0.25, 0.3) is 10.0 Å². The molecule has 2 aromatic rings. The topological polar surface area (TPSA) is 98.0 Å². The maximum atomic E-state index is 11.9. The number of hydrogen-bond donors (Lipinski definition) is 2. The zero-order chi connectivity index (χ0) is 12.5. The SMILES string of the molecule is Cc1csc(NS(=O)(=O)c2ccc(N)nc2)n1. The standard InChI is InChI=1S/C9H10N4O2S2/c1-6-5-16-9(12-6)13-17(14,15)7-2-3-8(10)11-4-7/h2-5H,1H3,(H2,10,11)(H,12,13). The maximum Gasteiger partial charge on any atom is 0.265 e. The molecule has 0 radical (unpaired) electrons. The fourth-order valence-electron chi connectivity index (χ4n) is 1.13. The normalized spacial score (nSPS) is 11.4. The Balaban J connectivity index is 2.28. The molecule has 0 aromatic carbocycles. The molecule has 90 valence electrons. The van der Waals surface area contributed by atoms with Crippen molar-refractivity contribution in [3.63, 3.8) is 0 Å². The van der Waals surface area contributed by atoms with Gasteiger partial charge in [-0.2, -0.15) is 0 Å². The lowest BCUT2D eigenvalue weighted by atomic mass is 10.5. The Bertz CT molecular complexity index is 619. The summed E-state index contributed by atoms with van der Waals surface area (Å²) in [5, 5.41) is 2.10. The highest BCUT2D eigenvalue weighted by Crippen LogP contribution is 2.19. The zero-order valence-electron chi connectivity index (χ0n) is 8.91. The number of nitrogens with two attached hydrogens (primary N) is 1. The summed E-state index contributed by atoms with van der Waals surface area (Å²) in [6.07, 6.45) is 1.21. The van der Waals surface area contributed by atoms with Crippen molar-refractivity contribution >= 4 is 32.3 Å². The summed E-state index contributed by atoms with van der Waals surface area (Å²) in [6.45, 7) is 1.79. The lowest BCUT2D eigenvalue weighted by Gasteiger charge is -2.04. The quantitative estimate of drug-likeness (QED) is 0.874. The molecule has 0 aliphatic carbocycles. The molecule has 0 unspecified atom stereocenters. The molecule has 0 amide bonds. The van der Waals surface area contributed by atoms with Crippen molar-refractivity contribution < 1.29 is 8.42 Å². The van der Waals surface area contributed by atoms with E-state index in [1.165, 1.54) is 29.7 Å². The van der Waals surface area contributed by atoms with Crippen molar-refractivity contribution in [3.05, 3.63) is 29.4 Å². The van der Waals surface area contributed by atoms with Crippen molar-refractivity contribution in [3.8, 4) is 0 Å². The number of anilines is 2. The van der Waals surface area contributed by atoms with Gasteiger partial charge in [0.1, 0.15) is 10.7 Å². The number of pyridine rings is 1. The molecule has 3 N–H and O–H groups in total. The molecule has 17 heavy (non-hydrogen) atoms. The lowest BCUT2D eigenvalue weighted by Crippen LogP contribution is -2.13. The number of rotatable bonds is 3. The third-order valence-corrected chi connectivity index (χ3v) is 4.24. The fourth-order valence-corrected chi connectivity index (χ4v) is 3.01. The fraction of sp³-hybridized carbons (Fsp3) is 0.111. The van der Waals surface area contributed by atoms with E-state index in [2.05, 4.69) is 14.7 Å². The first kappa shape index (κ1) is 11.8. The molecule has 6 nitrogen and oxygen atoms in total. The minimum absolute atomic E-state index is 0.0551. The Morgan fingerprint density at radius 2 is 2.18 bits per heavy atom. The summed E-state index contributed by atoms with van der Waals surface area (Å²) in [5.41, 5.74) is 6.16. The minimum atomic E-state index is -3.64. The van der Waals surface area contributed by atoms with Gasteiger partial charge in [0, 0.05) is 11.6 Å². The minimum Gasteiger partial charge on any atom is -0.384 e. The van der Waals surface area contributed by atoms with Gasteiger partial charge in [-0.1, -0.05) is 0 Å². The number of aryl methyl sites for hydroxylation is 1. The van der Waals surface area contributed by atoms with E-state index < -0.39 is 10.0 Å². The second-order valence-corrected chi connectivity index (χ2v) is 5.86. The van der Waals surface area contributed by atoms with Crippen LogP contribution in [0, 0.1) is 6.92 Å². The van der Waals surface area contributed by atoms with Crippen molar-refractivity contribution in [1.29, 1.82) is 0 Å². The Kier molecular flexibility index (Phi) is 2.99. The van der Waals surface area contributed by atoms with Crippen LogP contribution in [-0.2, 0) is 10.0 Å². The molecule has 0 aliphatic rings. The van der Waals surface area contributed by atoms with E-state index in [1.807, 2.05) is 0 Å². The summed E-state index contributed by atoms with van der Waals surface area (Å²) in [5.74, 6) is 0.272. The predicted molar refractivity (Wildman–Crippen MR) is 66.3 cm³/mol. The van der Waals surface area contributed by atoms with Crippen LogP contribution in [0.15, 0.2) is 28.6 Å². The van der Waals surface area contributed by atoms with Crippen molar-refractivity contribution in [2.75, 3.05) is 10.5 Å². The molecule has 8 heteroatoms. The van der Waals surface area contributed by atoms with Gasteiger partial charge in [0.15, 0.2) is 5.13 Å². The Morgan fingerprint density at radius 3 is 2.71 bits per heavy atom. The average Bonchev–Trinajstić information content (AvgIpc) is 2.63. The highest BCUT2D eigenvalue weighted by molar-refractivity contribution is 7.93. The summed E-state index contributed by atoms with van der Waals surface area (Å²) in [6, 6.07) is 2.83. The van der Waals surface area contributed by atoms with Crippen LogP contribution in [0.4, 0.5) is 10.9 Å².